The fraction of sp³-hybridized carbons (Fsp3) is 0.308. The molecule has 0 bridgehead atoms. The first-order valence-corrected chi connectivity index (χ1v) is 6.19. The summed E-state index contributed by atoms with van der Waals surface area (Å²) in [5, 5.41) is 5.98. The van der Waals surface area contributed by atoms with Crippen LogP contribution in [-0.4, -0.2) is 30.5 Å². The SMILES string of the molecule is COC(=O)C1=C(CN=[N+]=[N-])NC(=O)CC1c1cccnc1. The highest BCUT2D eigenvalue weighted by molar-refractivity contribution is 5.96. The van der Waals surface area contributed by atoms with Gasteiger partial charge in [0.15, 0.2) is 0 Å². The molecule has 1 aromatic rings. The van der Waals surface area contributed by atoms with E-state index in [0.29, 0.717) is 0 Å². The maximum Gasteiger partial charge on any atom is 0.336 e. The summed E-state index contributed by atoms with van der Waals surface area (Å²) in [6, 6.07) is 3.51. The molecule has 2 rings (SSSR count). The molecule has 2 heterocycles. The van der Waals surface area contributed by atoms with Gasteiger partial charge in [0.05, 0.1) is 19.2 Å². The van der Waals surface area contributed by atoms with Crippen molar-refractivity contribution in [2.24, 2.45) is 5.11 Å². The summed E-state index contributed by atoms with van der Waals surface area (Å²) in [5.41, 5.74) is 9.71. The molecule has 0 radical (unpaired) electrons. The van der Waals surface area contributed by atoms with Crippen LogP contribution in [0.2, 0.25) is 0 Å². The molecule has 8 nitrogen and oxygen atoms in total. The van der Waals surface area contributed by atoms with E-state index in [1.54, 1.807) is 24.5 Å². The van der Waals surface area contributed by atoms with Crippen molar-refractivity contribution >= 4 is 11.9 Å². The Morgan fingerprint density at radius 3 is 3.10 bits per heavy atom. The molecule has 0 aromatic carbocycles. The number of hydrogen-bond donors (Lipinski definition) is 1. The Hall–Kier alpha value is -2.86. The van der Waals surface area contributed by atoms with E-state index in [0.717, 1.165) is 5.56 Å². The number of aromatic nitrogens is 1. The molecule has 0 spiro atoms. The minimum atomic E-state index is -0.563. The van der Waals surface area contributed by atoms with Gasteiger partial charge in [0.1, 0.15) is 0 Å². The van der Waals surface area contributed by atoms with Gasteiger partial charge in [0.2, 0.25) is 5.91 Å². The van der Waals surface area contributed by atoms with Gasteiger partial charge in [-0.2, -0.15) is 0 Å². The van der Waals surface area contributed by atoms with E-state index in [2.05, 4.69) is 20.3 Å². The van der Waals surface area contributed by atoms with E-state index in [1.165, 1.54) is 7.11 Å². The Labute approximate surface area is 120 Å². The van der Waals surface area contributed by atoms with Gasteiger partial charge in [-0.1, -0.05) is 11.2 Å². The smallest absolute Gasteiger partial charge is 0.336 e. The van der Waals surface area contributed by atoms with Gasteiger partial charge in [-0.25, -0.2) is 4.79 Å². The molecule has 8 heteroatoms. The topological polar surface area (TPSA) is 117 Å². The number of nitrogens with zero attached hydrogens (tertiary/aromatic N) is 4. The van der Waals surface area contributed by atoms with E-state index in [-0.39, 0.29) is 30.1 Å². The van der Waals surface area contributed by atoms with Crippen LogP contribution in [0.1, 0.15) is 17.9 Å². The molecule has 1 unspecified atom stereocenters. The van der Waals surface area contributed by atoms with E-state index in [4.69, 9.17) is 10.3 Å². The van der Waals surface area contributed by atoms with Crippen LogP contribution in [0.5, 0.6) is 0 Å². The zero-order valence-electron chi connectivity index (χ0n) is 11.3. The number of hydrogen-bond acceptors (Lipinski definition) is 5. The highest BCUT2D eigenvalue weighted by atomic mass is 16.5. The number of carbonyl (C=O) groups excluding carboxylic acids is 2. The fourth-order valence-electron chi connectivity index (χ4n) is 2.25. The lowest BCUT2D eigenvalue weighted by Crippen LogP contribution is -2.36. The van der Waals surface area contributed by atoms with Crippen molar-refractivity contribution in [1.82, 2.24) is 10.3 Å². The molecular weight excluding hydrogens is 274 g/mol. The van der Waals surface area contributed by atoms with Crippen LogP contribution in [0.4, 0.5) is 0 Å². The van der Waals surface area contributed by atoms with E-state index >= 15 is 0 Å². The van der Waals surface area contributed by atoms with Crippen LogP contribution in [0.25, 0.3) is 10.4 Å². The molecule has 21 heavy (non-hydrogen) atoms. The maximum absolute atomic E-state index is 12.0. The molecule has 1 atom stereocenters. The Kier molecular flexibility index (Phi) is 4.53. The van der Waals surface area contributed by atoms with Crippen molar-refractivity contribution in [1.29, 1.82) is 0 Å². The van der Waals surface area contributed by atoms with Crippen LogP contribution >= 0.6 is 0 Å². The summed E-state index contributed by atoms with van der Waals surface area (Å²) in [6.07, 6.45) is 3.31. The minimum absolute atomic E-state index is 0.107. The number of nitrogens with one attached hydrogen (secondary N) is 1. The number of pyridine rings is 1. The first-order chi connectivity index (χ1) is 10.2. The molecule has 1 N–H and O–H groups in total. The standard InChI is InChI=1S/C13H13N5O3/c1-21-13(20)12-9(8-3-2-4-15-6-8)5-11(19)17-10(12)7-16-18-14/h2-4,6,9H,5,7H2,1H3,(H,17,19). The predicted molar refractivity (Wildman–Crippen MR) is 72.8 cm³/mol. The lowest BCUT2D eigenvalue weighted by molar-refractivity contribution is -0.136. The quantitative estimate of drug-likeness (QED) is 0.390. The highest BCUT2D eigenvalue weighted by Crippen LogP contribution is 2.33. The van der Waals surface area contributed by atoms with Crippen molar-refractivity contribution in [3.63, 3.8) is 0 Å². The van der Waals surface area contributed by atoms with Gasteiger partial charge in [-0.3, -0.25) is 9.78 Å². The molecule has 0 saturated heterocycles. The Morgan fingerprint density at radius 2 is 2.48 bits per heavy atom. The molecule has 1 aliphatic rings. The predicted octanol–water partition coefficient (Wildman–Crippen LogP) is 1.42. The average Bonchev–Trinajstić information content (AvgIpc) is 2.52. The normalized spacial score (nSPS) is 17.8. The van der Waals surface area contributed by atoms with Gasteiger partial charge in [0.25, 0.3) is 0 Å². The number of rotatable bonds is 4. The van der Waals surface area contributed by atoms with E-state index < -0.39 is 11.9 Å². The third-order valence-electron chi connectivity index (χ3n) is 3.14. The largest absolute Gasteiger partial charge is 0.466 e. The number of methoxy groups -OCH3 is 1. The minimum Gasteiger partial charge on any atom is -0.466 e. The molecule has 108 valence electrons. The van der Waals surface area contributed by atoms with Gasteiger partial charge >= 0.3 is 5.97 Å². The maximum atomic E-state index is 12.0. The molecule has 0 aliphatic carbocycles. The lowest BCUT2D eigenvalue weighted by atomic mass is 9.85. The number of ether oxygens (including phenoxy) is 1. The molecule has 1 aliphatic heterocycles. The van der Waals surface area contributed by atoms with Gasteiger partial charge in [0, 0.05) is 35.3 Å². The first kappa shape index (κ1) is 14.5. The van der Waals surface area contributed by atoms with E-state index in [1.807, 2.05) is 0 Å². The van der Waals surface area contributed by atoms with Crippen molar-refractivity contribution in [2.45, 2.75) is 12.3 Å². The summed E-state index contributed by atoms with van der Waals surface area (Å²) < 4.78 is 4.78. The van der Waals surface area contributed by atoms with Crippen molar-refractivity contribution in [3.8, 4) is 0 Å². The molecule has 1 aromatic heterocycles. The number of esters is 1. The third kappa shape index (κ3) is 3.18. The summed E-state index contributed by atoms with van der Waals surface area (Å²) >= 11 is 0. The van der Waals surface area contributed by atoms with Gasteiger partial charge < -0.3 is 10.1 Å². The molecular formula is C13H13N5O3. The van der Waals surface area contributed by atoms with Crippen molar-refractivity contribution < 1.29 is 14.3 Å². The Balaban J connectivity index is 2.52. The van der Waals surface area contributed by atoms with E-state index in [9.17, 15) is 9.59 Å². The van der Waals surface area contributed by atoms with Crippen molar-refractivity contribution in [3.05, 3.63) is 51.8 Å². The lowest BCUT2D eigenvalue weighted by Gasteiger charge is -2.26. The third-order valence-corrected chi connectivity index (χ3v) is 3.14. The van der Waals surface area contributed by atoms with Crippen molar-refractivity contribution in [2.75, 3.05) is 13.7 Å². The van der Waals surface area contributed by atoms with Crippen LogP contribution < -0.4 is 5.32 Å². The summed E-state index contributed by atoms with van der Waals surface area (Å²) in [7, 11) is 1.26. The zero-order chi connectivity index (χ0) is 15.2. The Morgan fingerprint density at radius 1 is 1.67 bits per heavy atom. The zero-order valence-corrected chi connectivity index (χ0v) is 11.3. The first-order valence-electron chi connectivity index (χ1n) is 6.19. The fourth-order valence-corrected chi connectivity index (χ4v) is 2.25. The summed E-state index contributed by atoms with van der Waals surface area (Å²) in [4.78, 5) is 30.5. The monoisotopic (exact) mass is 287 g/mol. The molecule has 0 saturated carbocycles. The second-order valence-electron chi connectivity index (χ2n) is 4.36. The van der Waals surface area contributed by atoms with Gasteiger partial charge in [-0.05, 0) is 17.2 Å². The highest BCUT2D eigenvalue weighted by Gasteiger charge is 2.33. The number of amides is 1. The number of azide groups is 1. The Bertz CT molecular complexity index is 634. The molecule has 1 amide bonds. The molecule has 0 fully saturated rings. The van der Waals surface area contributed by atoms with Crippen LogP contribution in [-0.2, 0) is 14.3 Å². The average molecular weight is 287 g/mol. The van der Waals surface area contributed by atoms with Crippen LogP contribution in [0, 0.1) is 0 Å². The second kappa shape index (κ2) is 6.53. The van der Waals surface area contributed by atoms with Gasteiger partial charge in [-0.15, -0.1) is 0 Å². The van der Waals surface area contributed by atoms with Crippen LogP contribution in [0.15, 0.2) is 40.9 Å². The summed E-state index contributed by atoms with van der Waals surface area (Å²) in [5.74, 6) is -1.28. The number of carbonyl (C=O) groups is 2. The van der Waals surface area contributed by atoms with Crippen LogP contribution in [0.3, 0.4) is 0 Å². The summed E-state index contributed by atoms with van der Waals surface area (Å²) in [6.45, 7) is -0.122. The second-order valence-corrected chi connectivity index (χ2v) is 4.36.